The van der Waals surface area contributed by atoms with E-state index in [9.17, 15) is 14.9 Å². The van der Waals surface area contributed by atoms with Gasteiger partial charge < -0.3 is 10.0 Å². The number of aromatic carboxylic acids is 1. The lowest BCUT2D eigenvalue weighted by Crippen LogP contribution is -2.37. The highest BCUT2D eigenvalue weighted by Crippen LogP contribution is 2.31. The van der Waals surface area contributed by atoms with Crippen LogP contribution in [-0.2, 0) is 0 Å². The fourth-order valence-corrected chi connectivity index (χ4v) is 2.06. The van der Waals surface area contributed by atoms with E-state index >= 15 is 0 Å². The summed E-state index contributed by atoms with van der Waals surface area (Å²) in [6.45, 7) is 0. The average Bonchev–Trinajstić information content (AvgIpc) is 2.25. The van der Waals surface area contributed by atoms with Gasteiger partial charge >= 0.3 is 5.97 Å². The molecule has 1 fully saturated rings. The molecule has 0 spiro atoms. The summed E-state index contributed by atoms with van der Waals surface area (Å²) in [6, 6.07) is 4.64. The van der Waals surface area contributed by atoms with Crippen LogP contribution >= 0.6 is 0 Å². The van der Waals surface area contributed by atoms with Crippen molar-refractivity contribution < 1.29 is 14.8 Å². The minimum atomic E-state index is -1.27. The molecule has 0 bridgehead atoms. The Bertz CT molecular complexity index is 497. The number of carboxylic acids is 1. The Kier molecular flexibility index (Phi) is 3.18. The molecule has 0 heterocycles. The van der Waals surface area contributed by atoms with Crippen molar-refractivity contribution in [2.24, 2.45) is 0 Å². The first kappa shape index (κ1) is 12.3. The molecule has 0 saturated heterocycles. The predicted octanol–water partition coefficient (Wildman–Crippen LogP) is 2.28. The Morgan fingerprint density at radius 2 is 2.17 bits per heavy atom. The molecule has 1 aromatic rings. The number of benzene rings is 1. The zero-order valence-corrected chi connectivity index (χ0v) is 10.00. The van der Waals surface area contributed by atoms with Crippen LogP contribution in [0.2, 0.25) is 0 Å². The van der Waals surface area contributed by atoms with Gasteiger partial charge in [-0.25, -0.2) is 4.79 Å². The Labute approximate surface area is 104 Å². The molecule has 0 aliphatic heterocycles. The molecule has 1 aliphatic rings. The van der Waals surface area contributed by atoms with E-state index in [0.29, 0.717) is 11.7 Å². The second kappa shape index (κ2) is 4.64. The van der Waals surface area contributed by atoms with Gasteiger partial charge in [-0.3, -0.25) is 10.1 Å². The topological polar surface area (TPSA) is 83.7 Å². The van der Waals surface area contributed by atoms with Gasteiger partial charge in [0.05, 0.1) is 4.92 Å². The summed E-state index contributed by atoms with van der Waals surface area (Å²) in [5.74, 6) is -1.27. The maximum Gasteiger partial charge on any atom is 0.342 e. The van der Waals surface area contributed by atoms with Gasteiger partial charge in [-0.1, -0.05) is 0 Å². The summed E-state index contributed by atoms with van der Waals surface area (Å²) >= 11 is 0. The van der Waals surface area contributed by atoms with Crippen molar-refractivity contribution in [3.63, 3.8) is 0 Å². The third-order valence-corrected chi connectivity index (χ3v) is 3.44. The zero-order chi connectivity index (χ0) is 13.3. The molecule has 0 aromatic heterocycles. The van der Waals surface area contributed by atoms with Crippen molar-refractivity contribution >= 4 is 17.3 Å². The minimum absolute atomic E-state index is 0.260. The average molecular weight is 250 g/mol. The van der Waals surface area contributed by atoms with E-state index < -0.39 is 10.9 Å². The van der Waals surface area contributed by atoms with E-state index in [0.717, 1.165) is 12.8 Å². The normalized spacial score (nSPS) is 14.9. The third-order valence-electron chi connectivity index (χ3n) is 3.44. The summed E-state index contributed by atoms with van der Waals surface area (Å²) in [7, 11) is 1.89. The molecule has 18 heavy (non-hydrogen) atoms. The van der Waals surface area contributed by atoms with E-state index in [1.165, 1.54) is 18.6 Å². The molecule has 1 aromatic carbocycles. The van der Waals surface area contributed by atoms with Crippen LogP contribution in [0.15, 0.2) is 18.2 Å². The molecule has 1 saturated carbocycles. The van der Waals surface area contributed by atoms with E-state index in [2.05, 4.69) is 0 Å². The molecule has 6 heteroatoms. The van der Waals surface area contributed by atoms with Gasteiger partial charge in [0.2, 0.25) is 0 Å². The molecular formula is C12H14N2O4. The molecule has 1 aliphatic carbocycles. The van der Waals surface area contributed by atoms with Gasteiger partial charge in [-0.05, 0) is 31.4 Å². The number of hydrogen-bond donors (Lipinski definition) is 1. The highest BCUT2D eigenvalue weighted by atomic mass is 16.6. The van der Waals surface area contributed by atoms with Crippen molar-refractivity contribution in [3.05, 3.63) is 33.9 Å². The number of rotatable bonds is 4. The maximum atomic E-state index is 11.0. The van der Waals surface area contributed by atoms with Crippen LogP contribution in [0.25, 0.3) is 0 Å². The first-order valence-electron chi connectivity index (χ1n) is 5.75. The largest absolute Gasteiger partial charge is 0.477 e. The Morgan fingerprint density at radius 3 is 2.61 bits per heavy atom. The monoisotopic (exact) mass is 250 g/mol. The molecule has 96 valence electrons. The second-order valence-corrected chi connectivity index (χ2v) is 4.46. The van der Waals surface area contributed by atoms with Gasteiger partial charge in [0.25, 0.3) is 5.69 Å². The van der Waals surface area contributed by atoms with E-state index in [1.54, 1.807) is 6.07 Å². The van der Waals surface area contributed by atoms with Crippen LogP contribution in [0.4, 0.5) is 11.4 Å². The molecule has 0 radical (unpaired) electrons. The lowest BCUT2D eigenvalue weighted by molar-refractivity contribution is -0.385. The summed E-state index contributed by atoms with van der Waals surface area (Å²) in [5, 5.41) is 19.7. The molecule has 1 N–H and O–H groups in total. The fraction of sp³-hybridized carbons (Fsp3) is 0.417. The van der Waals surface area contributed by atoms with Crippen molar-refractivity contribution in [3.8, 4) is 0 Å². The summed E-state index contributed by atoms with van der Waals surface area (Å²) in [5.41, 5.74) is 0.0830. The molecule has 2 rings (SSSR count). The summed E-state index contributed by atoms with van der Waals surface area (Å²) in [4.78, 5) is 23.1. The van der Waals surface area contributed by atoms with Crippen molar-refractivity contribution in [1.82, 2.24) is 0 Å². The highest BCUT2D eigenvalue weighted by molar-refractivity contribution is 5.93. The third kappa shape index (κ3) is 2.13. The SMILES string of the molecule is CN(c1ccc([N+](=O)[O-])c(C(=O)O)c1)C1CCC1. The van der Waals surface area contributed by atoms with Gasteiger partial charge in [0.15, 0.2) is 0 Å². The van der Waals surface area contributed by atoms with Gasteiger partial charge in [-0.2, -0.15) is 0 Å². The van der Waals surface area contributed by atoms with E-state index in [4.69, 9.17) is 5.11 Å². The van der Waals surface area contributed by atoms with E-state index in [1.807, 2.05) is 11.9 Å². The first-order chi connectivity index (χ1) is 8.50. The first-order valence-corrected chi connectivity index (χ1v) is 5.75. The van der Waals surface area contributed by atoms with Crippen LogP contribution < -0.4 is 4.90 Å². The van der Waals surface area contributed by atoms with Gasteiger partial charge in [0.1, 0.15) is 5.56 Å². The number of carboxylic acid groups (broad SMARTS) is 1. The number of anilines is 1. The molecular weight excluding hydrogens is 236 g/mol. The highest BCUT2D eigenvalue weighted by Gasteiger charge is 2.25. The number of nitrogens with zero attached hydrogens (tertiary/aromatic N) is 2. The predicted molar refractivity (Wildman–Crippen MR) is 66.1 cm³/mol. The van der Waals surface area contributed by atoms with Gasteiger partial charge in [-0.15, -0.1) is 0 Å². The number of nitro benzene ring substituents is 1. The van der Waals surface area contributed by atoms with Crippen LogP contribution in [0, 0.1) is 10.1 Å². The summed E-state index contributed by atoms with van der Waals surface area (Å²) < 4.78 is 0. The Hall–Kier alpha value is -2.11. The van der Waals surface area contributed by atoms with Crippen LogP contribution in [0.3, 0.4) is 0 Å². The van der Waals surface area contributed by atoms with Crippen LogP contribution in [-0.4, -0.2) is 29.1 Å². The Morgan fingerprint density at radius 1 is 1.50 bits per heavy atom. The maximum absolute atomic E-state index is 11.0. The summed E-state index contributed by atoms with van der Waals surface area (Å²) in [6.07, 6.45) is 3.33. The number of nitro groups is 1. The fourth-order valence-electron chi connectivity index (χ4n) is 2.06. The molecule has 6 nitrogen and oxygen atoms in total. The Balaban J connectivity index is 2.36. The van der Waals surface area contributed by atoms with Crippen molar-refractivity contribution in [1.29, 1.82) is 0 Å². The molecule has 0 atom stereocenters. The quantitative estimate of drug-likeness (QED) is 0.654. The van der Waals surface area contributed by atoms with Crippen LogP contribution in [0.1, 0.15) is 29.6 Å². The lowest BCUT2D eigenvalue weighted by atomic mass is 9.91. The second-order valence-electron chi connectivity index (χ2n) is 4.46. The lowest BCUT2D eigenvalue weighted by Gasteiger charge is -2.36. The number of carbonyl (C=O) groups is 1. The van der Waals surface area contributed by atoms with Crippen molar-refractivity contribution in [2.45, 2.75) is 25.3 Å². The van der Waals surface area contributed by atoms with Crippen LogP contribution in [0.5, 0.6) is 0 Å². The van der Waals surface area contributed by atoms with E-state index in [-0.39, 0.29) is 11.3 Å². The molecule has 0 amide bonds. The zero-order valence-electron chi connectivity index (χ0n) is 10.00. The van der Waals surface area contributed by atoms with Gasteiger partial charge in [0, 0.05) is 24.8 Å². The number of hydrogen-bond acceptors (Lipinski definition) is 4. The smallest absolute Gasteiger partial charge is 0.342 e. The standard InChI is InChI=1S/C12H14N2O4/c1-13(8-3-2-4-8)9-5-6-11(14(17)18)10(7-9)12(15)16/h5-8H,2-4H2,1H3,(H,15,16). The minimum Gasteiger partial charge on any atom is -0.477 e. The van der Waals surface area contributed by atoms with Crippen molar-refractivity contribution in [2.75, 3.05) is 11.9 Å². The molecule has 0 unspecified atom stereocenters.